The molecule has 1 aromatic rings. The number of rotatable bonds is 8. The third kappa shape index (κ3) is 6.63. The first kappa shape index (κ1) is 16.0. The van der Waals surface area contributed by atoms with Gasteiger partial charge >= 0.3 is 0 Å². The number of hydrogen-bond donors (Lipinski definition) is 1. The Labute approximate surface area is 121 Å². The van der Waals surface area contributed by atoms with Crippen molar-refractivity contribution in [1.29, 1.82) is 0 Å². The third-order valence-electron chi connectivity index (χ3n) is 3.41. The van der Waals surface area contributed by atoms with Gasteiger partial charge < -0.3 is 5.32 Å². The third-order valence-corrected chi connectivity index (χ3v) is 3.66. The first-order chi connectivity index (χ1) is 9.15. The predicted octanol–water partition coefficient (Wildman–Crippen LogP) is 4.22. The van der Waals surface area contributed by atoms with Crippen LogP contribution in [0.2, 0.25) is 5.02 Å². The molecule has 0 aromatic heterocycles. The zero-order valence-corrected chi connectivity index (χ0v) is 12.7. The van der Waals surface area contributed by atoms with E-state index in [9.17, 15) is 4.79 Å². The summed E-state index contributed by atoms with van der Waals surface area (Å²) in [6, 6.07) is 7.44. The van der Waals surface area contributed by atoms with Gasteiger partial charge in [-0.25, -0.2) is 0 Å². The predicted molar refractivity (Wildman–Crippen MR) is 81.5 cm³/mol. The number of unbranched alkanes of at least 4 members (excludes halogenated alkanes) is 1. The van der Waals surface area contributed by atoms with Crippen LogP contribution in [-0.2, 0) is 11.2 Å². The second-order valence-electron chi connectivity index (χ2n) is 5.02. The monoisotopic (exact) mass is 281 g/mol. The van der Waals surface area contributed by atoms with Crippen molar-refractivity contribution in [2.75, 3.05) is 6.54 Å². The molecule has 0 spiro atoms. The lowest BCUT2D eigenvalue weighted by Crippen LogP contribution is -2.30. The molecule has 106 valence electrons. The maximum atomic E-state index is 11.8. The van der Waals surface area contributed by atoms with E-state index in [1.807, 2.05) is 24.3 Å². The Morgan fingerprint density at radius 1 is 1.26 bits per heavy atom. The van der Waals surface area contributed by atoms with Crippen LogP contribution in [0, 0.1) is 5.92 Å². The van der Waals surface area contributed by atoms with Crippen molar-refractivity contribution in [2.45, 2.75) is 46.0 Å². The molecule has 0 unspecified atom stereocenters. The fraction of sp³-hybridized carbons (Fsp3) is 0.562. The normalized spacial score (nSPS) is 12.2. The van der Waals surface area contributed by atoms with Crippen molar-refractivity contribution in [3.63, 3.8) is 0 Å². The molecule has 1 atom stereocenters. The molecule has 0 aliphatic carbocycles. The molecular weight excluding hydrogens is 258 g/mol. The second kappa shape index (κ2) is 8.98. The molecule has 0 radical (unpaired) electrons. The van der Waals surface area contributed by atoms with E-state index in [4.69, 9.17) is 11.6 Å². The lowest BCUT2D eigenvalue weighted by molar-refractivity contribution is -0.120. The summed E-state index contributed by atoms with van der Waals surface area (Å²) < 4.78 is 0. The van der Waals surface area contributed by atoms with Gasteiger partial charge in [-0.2, -0.15) is 0 Å². The minimum Gasteiger partial charge on any atom is -0.356 e. The Hall–Kier alpha value is -1.02. The van der Waals surface area contributed by atoms with Crippen molar-refractivity contribution in [3.8, 4) is 0 Å². The van der Waals surface area contributed by atoms with Crippen LogP contribution >= 0.6 is 11.6 Å². The van der Waals surface area contributed by atoms with Gasteiger partial charge in [0.1, 0.15) is 0 Å². The lowest BCUT2D eigenvalue weighted by atomic mass is 9.99. The maximum absolute atomic E-state index is 11.8. The highest BCUT2D eigenvalue weighted by molar-refractivity contribution is 6.30. The Kier molecular flexibility index (Phi) is 7.57. The van der Waals surface area contributed by atoms with Gasteiger partial charge in [0.05, 0.1) is 6.42 Å². The number of benzene rings is 1. The van der Waals surface area contributed by atoms with E-state index in [-0.39, 0.29) is 5.91 Å². The molecule has 0 fully saturated rings. The van der Waals surface area contributed by atoms with Gasteiger partial charge in [0.15, 0.2) is 0 Å². The Balaban J connectivity index is 2.32. The van der Waals surface area contributed by atoms with Gasteiger partial charge in [-0.15, -0.1) is 0 Å². The van der Waals surface area contributed by atoms with Gasteiger partial charge in [-0.1, -0.05) is 56.8 Å². The van der Waals surface area contributed by atoms with Crippen LogP contribution in [0.5, 0.6) is 0 Å². The zero-order chi connectivity index (χ0) is 14.1. The van der Waals surface area contributed by atoms with Gasteiger partial charge in [0, 0.05) is 11.6 Å². The lowest BCUT2D eigenvalue weighted by Gasteiger charge is -2.15. The van der Waals surface area contributed by atoms with E-state index in [0.717, 1.165) is 18.5 Å². The average Bonchev–Trinajstić information content (AvgIpc) is 2.42. The summed E-state index contributed by atoms with van der Waals surface area (Å²) in [7, 11) is 0. The molecule has 3 heteroatoms. The van der Waals surface area contributed by atoms with Crippen LogP contribution in [0.1, 0.15) is 45.1 Å². The Morgan fingerprint density at radius 2 is 1.95 bits per heavy atom. The highest BCUT2D eigenvalue weighted by Crippen LogP contribution is 2.12. The summed E-state index contributed by atoms with van der Waals surface area (Å²) in [5.74, 6) is 0.700. The van der Waals surface area contributed by atoms with Crippen molar-refractivity contribution in [1.82, 2.24) is 5.32 Å². The molecule has 0 heterocycles. The SMILES string of the molecule is CCCC[C@@H](CC)CNC(=O)Cc1ccc(Cl)cc1. The van der Waals surface area contributed by atoms with Gasteiger partial charge in [-0.05, 0) is 30.0 Å². The first-order valence-electron chi connectivity index (χ1n) is 7.16. The molecule has 0 saturated carbocycles. The minimum atomic E-state index is 0.0947. The molecule has 1 N–H and O–H groups in total. The quantitative estimate of drug-likeness (QED) is 0.760. The van der Waals surface area contributed by atoms with Gasteiger partial charge in [0.25, 0.3) is 0 Å². The number of nitrogens with one attached hydrogen (secondary N) is 1. The summed E-state index contributed by atoms with van der Waals surface area (Å²) in [5, 5.41) is 3.74. The first-order valence-corrected chi connectivity index (χ1v) is 7.54. The molecule has 19 heavy (non-hydrogen) atoms. The van der Waals surface area contributed by atoms with Crippen LogP contribution in [0.25, 0.3) is 0 Å². The van der Waals surface area contributed by atoms with E-state index in [1.54, 1.807) is 0 Å². The molecule has 2 nitrogen and oxygen atoms in total. The molecule has 1 rings (SSSR count). The number of hydrogen-bond acceptors (Lipinski definition) is 1. The standard InChI is InChI=1S/C16H24ClNO/c1-3-5-6-13(4-2)12-18-16(19)11-14-7-9-15(17)10-8-14/h7-10,13H,3-6,11-12H2,1-2H3,(H,18,19)/t13-/m1/s1. The summed E-state index contributed by atoms with van der Waals surface area (Å²) in [6.45, 7) is 5.18. The molecule has 1 aromatic carbocycles. The van der Waals surface area contributed by atoms with E-state index >= 15 is 0 Å². The van der Waals surface area contributed by atoms with Crippen molar-refractivity contribution < 1.29 is 4.79 Å². The van der Waals surface area contributed by atoms with Crippen LogP contribution < -0.4 is 5.32 Å². The second-order valence-corrected chi connectivity index (χ2v) is 5.46. The van der Waals surface area contributed by atoms with Gasteiger partial charge in [-0.3, -0.25) is 4.79 Å². The maximum Gasteiger partial charge on any atom is 0.224 e. The van der Waals surface area contributed by atoms with Crippen LogP contribution in [0.3, 0.4) is 0 Å². The van der Waals surface area contributed by atoms with E-state index in [2.05, 4.69) is 19.2 Å². The topological polar surface area (TPSA) is 29.1 Å². The Morgan fingerprint density at radius 3 is 2.53 bits per heavy atom. The fourth-order valence-electron chi connectivity index (χ4n) is 2.05. The highest BCUT2D eigenvalue weighted by Gasteiger charge is 2.08. The molecule has 1 amide bonds. The summed E-state index contributed by atoms with van der Waals surface area (Å²) in [6.07, 6.45) is 5.22. The highest BCUT2D eigenvalue weighted by atomic mass is 35.5. The number of carbonyl (C=O) groups is 1. The van der Waals surface area contributed by atoms with E-state index in [0.29, 0.717) is 17.4 Å². The smallest absolute Gasteiger partial charge is 0.224 e. The summed E-state index contributed by atoms with van der Waals surface area (Å²) >= 11 is 5.82. The van der Waals surface area contributed by atoms with Gasteiger partial charge in [0.2, 0.25) is 5.91 Å². The van der Waals surface area contributed by atoms with E-state index < -0.39 is 0 Å². The van der Waals surface area contributed by atoms with Crippen molar-refractivity contribution in [2.24, 2.45) is 5.92 Å². The van der Waals surface area contributed by atoms with Crippen molar-refractivity contribution >= 4 is 17.5 Å². The van der Waals surface area contributed by atoms with E-state index in [1.165, 1.54) is 19.3 Å². The zero-order valence-electron chi connectivity index (χ0n) is 11.9. The van der Waals surface area contributed by atoms with Crippen LogP contribution in [0.15, 0.2) is 24.3 Å². The van der Waals surface area contributed by atoms with Crippen LogP contribution in [-0.4, -0.2) is 12.5 Å². The van der Waals surface area contributed by atoms with Crippen LogP contribution in [0.4, 0.5) is 0 Å². The average molecular weight is 282 g/mol. The number of amides is 1. The summed E-state index contributed by atoms with van der Waals surface area (Å²) in [5.41, 5.74) is 1.00. The Bertz CT molecular complexity index is 375. The molecule has 0 aliphatic heterocycles. The largest absolute Gasteiger partial charge is 0.356 e. The fourth-order valence-corrected chi connectivity index (χ4v) is 2.18. The molecule has 0 saturated heterocycles. The number of carbonyl (C=O) groups excluding carboxylic acids is 1. The van der Waals surface area contributed by atoms with Crippen molar-refractivity contribution in [3.05, 3.63) is 34.9 Å². The minimum absolute atomic E-state index is 0.0947. The molecule has 0 aliphatic rings. The summed E-state index contributed by atoms with van der Waals surface area (Å²) in [4.78, 5) is 11.8. The number of halogens is 1. The molecule has 0 bridgehead atoms. The molecular formula is C16H24ClNO.